The summed E-state index contributed by atoms with van der Waals surface area (Å²) >= 11 is 0. The van der Waals surface area contributed by atoms with Crippen molar-refractivity contribution < 1.29 is 0 Å². The van der Waals surface area contributed by atoms with Crippen LogP contribution < -0.4 is 0 Å². The Hall–Kier alpha value is -0.0400. The zero-order valence-corrected chi connectivity index (χ0v) is 7.15. The van der Waals surface area contributed by atoms with Gasteiger partial charge in [0, 0.05) is 6.54 Å². The van der Waals surface area contributed by atoms with E-state index in [1.54, 1.807) is 0 Å². The molecule has 1 heteroatoms. The van der Waals surface area contributed by atoms with E-state index in [1.165, 1.54) is 19.4 Å². The number of hydrogen-bond donors (Lipinski definition) is 0. The van der Waals surface area contributed by atoms with E-state index in [-0.39, 0.29) is 0 Å². The average molecular weight is 129 g/mol. The Bertz CT molecular complexity index is 55.6. The summed E-state index contributed by atoms with van der Waals surface area (Å²) in [6.45, 7) is 5.77. The first kappa shape index (κ1) is 8.96. The summed E-state index contributed by atoms with van der Waals surface area (Å²) in [5.74, 6) is 0.903. The van der Waals surface area contributed by atoms with Gasteiger partial charge >= 0.3 is 0 Å². The highest BCUT2D eigenvalue weighted by Gasteiger charge is 2.02. The fraction of sp³-hybridized carbons (Fsp3) is 1.00. The van der Waals surface area contributed by atoms with Gasteiger partial charge in [0.1, 0.15) is 0 Å². The molecule has 0 fully saturated rings. The second-order valence-corrected chi connectivity index (χ2v) is 2.94. The zero-order valence-electron chi connectivity index (χ0n) is 7.15. The Balaban J connectivity index is 3.31. The Morgan fingerprint density at radius 1 is 1.11 bits per heavy atom. The van der Waals surface area contributed by atoms with Gasteiger partial charge < -0.3 is 4.90 Å². The molecule has 0 aromatic rings. The van der Waals surface area contributed by atoms with Gasteiger partial charge in [-0.05, 0) is 20.0 Å². The smallest absolute Gasteiger partial charge is 0.000335 e. The van der Waals surface area contributed by atoms with E-state index in [2.05, 4.69) is 32.8 Å². The topological polar surface area (TPSA) is 3.24 Å². The molecular formula is C8H19N. The van der Waals surface area contributed by atoms with Crippen LogP contribution in [-0.4, -0.2) is 25.5 Å². The fourth-order valence-corrected chi connectivity index (χ4v) is 1.06. The summed E-state index contributed by atoms with van der Waals surface area (Å²) < 4.78 is 0. The fourth-order valence-electron chi connectivity index (χ4n) is 1.06. The molecule has 0 amide bonds. The SMILES string of the molecule is CCC(CC)CN(C)C. The highest BCUT2D eigenvalue weighted by atomic mass is 15.1. The predicted octanol–water partition coefficient (Wildman–Crippen LogP) is 1.98. The third-order valence-corrected chi connectivity index (χ3v) is 1.78. The molecule has 56 valence electrons. The van der Waals surface area contributed by atoms with Crippen LogP contribution in [0, 0.1) is 5.92 Å². The Morgan fingerprint density at radius 3 is 1.67 bits per heavy atom. The highest BCUT2D eigenvalue weighted by molar-refractivity contribution is 4.56. The van der Waals surface area contributed by atoms with Gasteiger partial charge in [-0.15, -0.1) is 0 Å². The molecule has 1 nitrogen and oxygen atoms in total. The van der Waals surface area contributed by atoms with E-state index < -0.39 is 0 Å². The van der Waals surface area contributed by atoms with Crippen molar-refractivity contribution in [3.63, 3.8) is 0 Å². The van der Waals surface area contributed by atoms with Crippen molar-refractivity contribution in [3.8, 4) is 0 Å². The molecule has 0 aromatic heterocycles. The molecule has 0 atom stereocenters. The summed E-state index contributed by atoms with van der Waals surface area (Å²) in [6, 6.07) is 0. The molecule has 0 aromatic carbocycles. The summed E-state index contributed by atoms with van der Waals surface area (Å²) in [4.78, 5) is 2.26. The van der Waals surface area contributed by atoms with Gasteiger partial charge in [0.2, 0.25) is 0 Å². The molecule has 0 aliphatic rings. The average Bonchev–Trinajstić information content (AvgIpc) is 1.82. The van der Waals surface area contributed by atoms with Crippen LogP contribution in [0.1, 0.15) is 26.7 Å². The second-order valence-electron chi connectivity index (χ2n) is 2.94. The van der Waals surface area contributed by atoms with Crippen LogP contribution in [0.25, 0.3) is 0 Å². The maximum absolute atomic E-state index is 2.26. The van der Waals surface area contributed by atoms with Crippen molar-refractivity contribution in [1.29, 1.82) is 0 Å². The molecule has 0 N–H and O–H groups in total. The molecule has 0 saturated carbocycles. The lowest BCUT2D eigenvalue weighted by Gasteiger charge is -2.17. The van der Waals surface area contributed by atoms with E-state index in [0.717, 1.165) is 5.92 Å². The number of hydrogen-bond acceptors (Lipinski definition) is 1. The minimum Gasteiger partial charge on any atom is -0.309 e. The second kappa shape index (κ2) is 4.80. The first-order valence-corrected chi connectivity index (χ1v) is 3.85. The van der Waals surface area contributed by atoms with Crippen LogP contribution in [0.2, 0.25) is 0 Å². The number of nitrogens with zero attached hydrogens (tertiary/aromatic N) is 1. The van der Waals surface area contributed by atoms with Gasteiger partial charge in [0.25, 0.3) is 0 Å². The maximum Gasteiger partial charge on any atom is 0.000335 e. The maximum atomic E-state index is 2.26. The Morgan fingerprint density at radius 2 is 1.56 bits per heavy atom. The van der Waals surface area contributed by atoms with Gasteiger partial charge in [-0.1, -0.05) is 26.7 Å². The lowest BCUT2D eigenvalue weighted by atomic mass is 10.0. The first-order valence-electron chi connectivity index (χ1n) is 3.85. The van der Waals surface area contributed by atoms with Crippen molar-refractivity contribution in [2.24, 2.45) is 5.92 Å². The molecule has 0 bridgehead atoms. The van der Waals surface area contributed by atoms with Crippen LogP contribution in [0.5, 0.6) is 0 Å². The highest BCUT2D eigenvalue weighted by Crippen LogP contribution is 2.06. The predicted molar refractivity (Wildman–Crippen MR) is 42.6 cm³/mol. The van der Waals surface area contributed by atoms with E-state index in [4.69, 9.17) is 0 Å². The minimum atomic E-state index is 0.903. The lowest BCUT2D eigenvalue weighted by molar-refractivity contribution is 0.312. The summed E-state index contributed by atoms with van der Waals surface area (Å²) in [7, 11) is 4.27. The summed E-state index contributed by atoms with van der Waals surface area (Å²) in [5.41, 5.74) is 0. The third kappa shape index (κ3) is 4.46. The Kier molecular flexibility index (Phi) is 4.78. The van der Waals surface area contributed by atoms with Crippen molar-refractivity contribution in [2.45, 2.75) is 26.7 Å². The molecule has 0 radical (unpaired) electrons. The van der Waals surface area contributed by atoms with Crippen LogP contribution in [0.4, 0.5) is 0 Å². The largest absolute Gasteiger partial charge is 0.309 e. The molecule has 0 aliphatic carbocycles. The molecular weight excluding hydrogens is 110 g/mol. The molecule has 0 saturated heterocycles. The van der Waals surface area contributed by atoms with Crippen molar-refractivity contribution in [3.05, 3.63) is 0 Å². The van der Waals surface area contributed by atoms with Gasteiger partial charge in [0.15, 0.2) is 0 Å². The molecule has 0 unspecified atom stereocenters. The summed E-state index contributed by atoms with van der Waals surface area (Å²) in [5, 5.41) is 0. The van der Waals surface area contributed by atoms with Gasteiger partial charge in [-0.3, -0.25) is 0 Å². The minimum absolute atomic E-state index is 0.903. The third-order valence-electron chi connectivity index (χ3n) is 1.78. The van der Waals surface area contributed by atoms with Crippen molar-refractivity contribution in [1.82, 2.24) is 4.90 Å². The van der Waals surface area contributed by atoms with Gasteiger partial charge in [-0.25, -0.2) is 0 Å². The normalized spacial score (nSPS) is 11.3. The monoisotopic (exact) mass is 129 g/mol. The number of rotatable bonds is 4. The standard InChI is InChI=1S/C8H19N/c1-5-8(6-2)7-9(3)4/h8H,5-7H2,1-4H3. The molecule has 0 spiro atoms. The van der Waals surface area contributed by atoms with Crippen LogP contribution in [0.3, 0.4) is 0 Å². The quantitative estimate of drug-likeness (QED) is 0.561. The molecule has 0 rings (SSSR count). The van der Waals surface area contributed by atoms with E-state index in [1.807, 2.05) is 0 Å². The zero-order chi connectivity index (χ0) is 7.28. The molecule has 0 heterocycles. The van der Waals surface area contributed by atoms with Crippen molar-refractivity contribution >= 4 is 0 Å². The van der Waals surface area contributed by atoms with Crippen molar-refractivity contribution in [2.75, 3.05) is 20.6 Å². The Labute approximate surface area is 59.1 Å². The summed E-state index contributed by atoms with van der Waals surface area (Å²) in [6.07, 6.45) is 2.63. The van der Waals surface area contributed by atoms with Crippen LogP contribution >= 0.6 is 0 Å². The van der Waals surface area contributed by atoms with Crippen LogP contribution in [0.15, 0.2) is 0 Å². The van der Waals surface area contributed by atoms with Gasteiger partial charge in [-0.2, -0.15) is 0 Å². The van der Waals surface area contributed by atoms with Crippen LogP contribution in [-0.2, 0) is 0 Å². The molecule has 0 aliphatic heterocycles. The van der Waals surface area contributed by atoms with Gasteiger partial charge in [0.05, 0.1) is 0 Å². The van der Waals surface area contributed by atoms with E-state index in [0.29, 0.717) is 0 Å². The lowest BCUT2D eigenvalue weighted by Crippen LogP contribution is -2.20. The van der Waals surface area contributed by atoms with E-state index in [9.17, 15) is 0 Å². The molecule has 9 heavy (non-hydrogen) atoms. The van der Waals surface area contributed by atoms with E-state index >= 15 is 0 Å². The first-order chi connectivity index (χ1) is 4.20.